The maximum atomic E-state index is 8.86. The number of aryl methyl sites for hydroxylation is 1. The van der Waals surface area contributed by atoms with Crippen molar-refractivity contribution in [2.75, 3.05) is 27.8 Å². The third-order valence-corrected chi connectivity index (χ3v) is 2.45. The van der Waals surface area contributed by atoms with Gasteiger partial charge in [0.1, 0.15) is 5.75 Å². The van der Waals surface area contributed by atoms with Crippen molar-refractivity contribution < 1.29 is 9.84 Å². The van der Waals surface area contributed by atoms with E-state index in [2.05, 4.69) is 31.1 Å². The van der Waals surface area contributed by atoms with Crippen LogP contribution in [0.1, 0.15) is 17.5 Å². The van der Waals surface area contributed by atoms with E-state index in [0.29, 0.717) is 0 Å². The Morgan fingerprint density at radius 2 is 2.06 bits per heavy atom. The number of rotatable bonds is 6. The zero-order valence-electron chi connectivity index (χ0n) is 10.4. The predicted molar refractivity (Wildman–Crippen MR) is 65.8 cm³/mol. The van der Waals surface area contributed by atoms with E-state index >= 15 is 0 Å². The number of benzene rings is 1. The molecule has 0 bridgehead atoms. The number of aliphatic hydroxyl groups is 1. The van der Waals surface area contributed by atoms with E-state index in [-0.39, 0.29) is 6.61 Å². The molecule has 1 aromatic rings. The number of methoxy groups -OCH3 is 1. The van der Waals surface area contributed by atoms with Crippen LogP contribution in [-0.2, 0) is 13.0 Å². The van der Waals surface area contributed by atoms with Crippen LogP contribution in [0.4, 0.5) is 0 Å². The number of ether oxygens (including phenoxy) is 1. The highest BCUT2D eigenvalue weighted by atomic mass is 16.5. The lowest BCUT2D eigenvalue weighted by atomic mass is 10.0. The fraction of sp³-hybridized carbons (Fsp3) is 0.538. The first-order chi connectivity index (χ1) is 7.67. The molecule has 3 nitrogen and oxygen atoms in total. The summed E-state index contributed by atoms with van der Waals surface area (Å²) in [5, 5.41) is 8.86. The fourth-order valence-corrected chi connectivity index (χ4v) is 1.76. The number of aliphatic hydroxyl groups excluding tert-OH is 1. The van der Waals surface area contributed by atoms with E-state index in [1.807, 2.05) is 6.07 Å². The molecule has 0 aromatic heterocycles. The maximum Gasteiger partial charge on any atom is 0.122 e. The van der Waals surface area contributed by atoms with Crippen molar-refractivity contribution in [1.82, 2.24) is 4.90 Å². The third-order valence-electron chi connectivity index (χ3n) is 2.45. The van der Waals surface area contributed by atoms with Crippen LogP contribution >= 0.6 is 0 Å². The molecule has 0 heterocycles. The molecule has 1 rings (SSSR count). The van der Waals surface area contributed by atoms with Crippen LogP contribution in [0.5, 0.6) is 5.75 Å². The Kier molecular flexibility index (Phi) is 5.29. The van der Waals surface area contributed by atoms with Crippen molar-refractivity contribution in [1.29, 1.82) is 0 Å². The summed E-state index contributed by atoms with van der Waals surface area (Å²) >= 11 is 0. The highest BCUT2D eigenvalue weighted by Crippen LogP contribution is 2.21. The zero-order chi connectivity index (χ0) is 12.0. The van der Waals surface area contributed by atoms with Gasteiger partial charge in [0.2, 0.25) is 0 Å². The number of hydrogen-bond acceptors (Lipinski definition) is 3. The Balaban J connectivity index is 2.83. The van der Waals surface area contributed by atoms with Crippen LogP contribution in [-0.4, -0.2) is 37.8 Å². The van der Waals surface area contributed by atoms with E-state index in [9.17, 15) is 0 Å². The molecule has 0 saturated carbocycles. The molecular formula is C13H21NO2. The van der Waals surface area contributed by atoms with E-state index in [1.165, 1.54) is 11.1 Å². The van der Waals surface area contributed by atoms with Gasteiger partial charge in [-0.1, -0.05) is 12.1 Å². The van der Waals surface area contributed by atoms with Gasteiger partial charge in [0.25, 0.3) is 0 Å². The average Bonchev–Trinajstić information content (AvgIpc) is 2.25. The minimum Gasteiger partial charge on any atom is -0.496 e. The minimum atomic E-state index is 0.223. The molecule has 0 fully saturated rings. The van der Waals surface area contributed by atoms with Crippen molar-refractivity contribution in [2.24, 2.45) is 0 Å². The lowest BCUT2D eigenvalue weighted by Crippen LogP contribution is -2.11. The second kappa shape index (κ2) is 6.51. The molecule has 0 radical (unpaired) electrons. The number of hydrogen-bond donors (Lipinski definition) is 1. The zero-order valence-corrected chi connectivity index (χ0v) is 10.4. The summed E-state index contributed by atoms with van der Waals surface area (Å²) in [5.41, 5.74) is 2.45. The van der Waals surface area contributed by atoms with Crippen LogP contribution in [0, 0.1) is 0 Å². The smallest absolute Gasteiger partial charge is 0.122 e. The van der Waals surface area contributed by atoms with Gasteiger partial charge in [-0.05, 0) is 44.1 Å². The van der Waals surface area contributed by atoms with Crippen molar-refractivity contribution >= 4 is 0 Å². The Bertz CT molecular complexity index is 324. The van der Waals surface area contributed by atoms with E-state index in [4.69, 9.17) is 9.84 Å². The first-order valence-electron chi connectivity index (χ1n) is 5.58. The average molecular weight is 223 g/mol. The summed E-state index contributed by atoms with van der Waals surface area (Å²) in [6, 6.07) is 6.25. The summed E-state index contributed by atoms with van der Waals surface area (Å²) in [6.07, 6.45) is 1.64. The summed E-state index contributed by atoms with van der Waals surface area (Å²) in [6.45, 7) is 1.15. The van der Waals surface area contributed by atoms with Crippen molar-refractivity contribution in [3.63, 3.8) is 0 Å². The van der Waals surface area contributed by atoms with Crippen LogP contribution in [0.3, 0.4) is 0 Å². The Labute approximate surface area is 97.7 Å². The van der Waals surface area contributed by atoms with Gasteiger partial charge >= 0.3 is 0 Å². The van der Waals surface area contributed by atoms with Crippen LogP contribution in [0.15, 0.2) is 18.2 Å². The molecule has 1 N–H and O–H groups in total. The quantitative estimate of drug-likeness (QED) is 0.796. The molecule has 0 spiro atoms. The van der Waals surface area contributed by atoms with Crippen molar-refractivity contribution in [3.05, 3.63) is 29.3 Å². The molecule has 1 aromatic carbocycles. The first-order valence-corrected chi connectivity index (χ1v) is 5.58. The molecule has 0 amide bonds. The monoisotopic (exact) mass is 223 g/mol. The van der Waals surface area contributed by atoms with Gasteiger partial charge in [0.15, 0.2) is 0 Å². The Hall–Kier alpha value is -1.06. The molecule has 3 heteroatoms. The largest absolute Gasteiger partial charge is 0.496 e. The molecule has 16 heavy (non-hydrogen) atoms. The van der Waals surface area contributed by atoms with E-state index < -0.39 is 0 Å². The highest BCUT2D eigenvalue weighted by molar-refractivity contribution is 5.37. The lowest BCUT2D eigenvalue weighted by Gasteiger charge is -2.13. The standard InChI is InChI=1S/C13H21NO2/c1-14(2)10-11-6-7-13(16-3)12(9-11)5-4-8-15/h6-7,9,15H,4-5,8,10H2,1-3H3. The van der Waals surface area contributed by atoms with Gasteiger partial charge in [-0.2, -0.15) is 0 Å². The third kappa shape index (κ3) is 3.83. The maximum absolute atomic E-state index is 8.86. The predicted octanol–water partition coefficient (Wildman–Crippen LogP) is 1.68. The second-order valence-corrected chi connectivity index (χ2v) is 4.21. The van der Waals surface area contributed by atoms with Gasteiger partial charge in [-0.15, -0.1) is 0 Å². The van der Waals surface area contributed by atoms with Crippen LogP contribution in [0.25, 0.3) is 0 Å². The summed E-state index contributed by atoms with van der Waals surface area (Å²) < 4.78 is 5.31. The van der Waals surface area contributed by atoms with Gasteiger partial charge < -0.3 is 14.7 Å². The molecule has 0 aliphatic carbocycles. The topological polar surface area (TPSA) is 32.7 Å². The molecule has 0 aliphatic rings. The molecule has 0 unspecified atom stereocenters. The normalized spacial score (nSPS) is 10.8. The highest BCUT2D eigenvalue weighted by Gasteiger charge is 2.04. The van der Waals surface area contributed by atoms with Crippen molar-refractivity contribution in [3.8, 4) is 5.75 Å². The molecule has 0 aliphatic heterocycles. The summed E-state index contributed by atoms with van der Waals surface area (Å²) in [7, 11) is 5.79. The molecule has 90 valence electrons. The molecular weight excluding hydrogens is 202 g/mol. The van der Waals surface area contributed by atoms with Gasteiger partial charge in [-0.25, -0.2) is 0 Å². The fourth-order valence-electron chi connectivity index (χ4n) is 1.76. The van der Waals surface area contributed by atoms with Gasteiger partial charge in [0.05, 0.1) is 7.11 Å². The van der Waals surface area contributed by atoms with Gasteiger partial charge in [-0.3, -0.25) is 0 Å². The van der Waals surface area contributed by atoms with E-state index in [0.717, 1.165) is 25.1 Å². The lowest BCUT2D eigenvalue weighted by molar-refractivity contribution is 0.287. The Morgan fingerprint density at radius 1 is 1.31 bits per heavy atom. The van der Waals surface area contributed by atoms with Crippen molar-refractivity contribution in [2.45, 2.75) is 19.4 Å². The minimum absolute atomic E-state index is 0.223. The number of nitrogens with zero attached hydrogens (tertiary/aromatic N) is 1. The summed E-state index contributed by atoms with van der Waals surface area (Å²) in [4.78, 5) is 2.14. The van der Waals surface area contributed by atoms with Gasteiger partial charge in [0, 0.05) is 13.2 Å². The molecule has 0 atom stereocenters. The molecule has 0 saturated heterocycles. The van der Waals surface area contributed by atoms with Crippen LogP contribution in [0.2, 0.25) is 0 Å². The second-order valence-electron chi connectivity index (χ2n) is 4.21. The Morgan fingerprint density at radius 3 is 2.62 bits per heavy atom. The van der Waals surface area contributed by atoms with E-state index in [1.54, 1.807) is 7.11 Å². The first kappa shape index (κ1) is 13.0. The van der Waals surface area contributed by atoms with Crippen LogP contribution < -0.4 is 4.74 Å². The summed E-state index contributed by atoms with van der Waals surface area (Å²) in [5.74, 6) is 0.913. The SMILES string of the molecule is COc1ccc(CN(C)C)cc1CCCO.